The summed E-state index contributed by atoms with van der Waals surface area (Å²) in [6, 6.07) is 5.48. The van der Waals surface area contributed by atoms with Gasteiger partial charge in [-0.05, 0) is 6.07 Å². The van der Waals surface area contributed by atoms with E-state index < -0.39 is 7.81 Å². The van der Waals surface area contributed by atoms with Crippen LogP contribution in [0.3, 0.4) is 0 Å². The van der Waals surface area contributed by atoms with Gasteiger partial charge in [0.15, 0.2) is 6.20 Å². The van der Waals surface area contributed by atoms with Gasteiger partial charge in [0.25, 0.3) is 5.03 Å². The fourth-order valence-corrected chi connectivity index (χ4v) is 2.75. The van der Waals surface area contributed by atoms with Crippen molar-refractivity contribution in [2.75, 3.05) is 27.2 Å². The van der Waals surface area contributed by atoms with Crippen LogP contribution in [0.1, 0.15) is 6.42 Å². The summed E-state index contributed by atoms with van der Waals surface area (Å²) in [5.41, 5.74) is 0. The second-order valence-corrected chi connectivity index (χ2v) is 7.81. The zero-order valence-corrected chi connectivity index (χ0v) is 14.0. The summed E-state index contributed by atoms with van der Waals surface area (Å²) in [5, 5.41) is 13.4. The minimum atomic E-state index is -10.7. The van der Waals surface area contributed by atoms with Gasteiger partial charge in [0.1, 0.15) is 0 Å². The molecule has 134 valence electrons. The fourth-order valence-electron chi connectivity index (χ4n) is 1.77. The van der Waals surface area contributed by atoms with Gasteiger partial charge in [-0.2, -0.15) is 4.73 Å². The standard InChI is InChI=1S/C11H16N3OS.F6P/c1-12-7-5-8-13(2)11(12)16-10-6-3-4-9-14(10)15;1-7(2,3,4,5)6/h3-4,6,9H,5,7-8H2,1-2H3;/q+1;-1. The number of rotatable bonds is 1. The van der Waals surface area contributed by atoms with Gasteiger partial charge in [0.05, 0.1) is 38.9 Å². The van der Waals surface area contributed by atoms with Crippen LogP contribution in [0, 0.1) is 5.21 Å². The van der Waals surface area contributed by atoms with Gasteiger partial charge in [-0.1, -0.05) is 0 Å². The van der Waals surface area contributed by atoms with Crippen LogP contribution in [-0.2, 0) is 0 Å². The predicted octanol–water partition coefficient (Wildman–Crippen LogP) is 4.13. The number of hydrogen-bond donors (Lipinski definition) is 0. The first-order valence-corrected chi connectivity index (χ1v) is 9.19. The van der Waals surface area contributed by atoms with Gasteiger partial charge in [-0.25, -0.2) is 0 Å². The molecule has 2 heterocycles. The Hall–Kier alpha value is -1.22. The van der Waals surface area contributed by atoms with Gasteiger partial charge in [-0.3, -0.25) is 9.48 Å². The van der Waals surface area contributed by atoms with Crippen LogP contribution in [0.5, 0.6) is 0 Å². The zero-order valence-electron chi connectivity index (χ0n) is 12.3. The van der Waals surface area contributed by atoms with E-state index in [-0.39, 0.29) is 0 Å². The summed E-state index contributed by atoms with van der Waals surface area (Å²) < 4.78 is 62.3. The Morgan fingerprint density at radius 2 is 1.74 bits per heavy atom. The van der Waals surface area contributed by atoms with Crippen LogP contribution in [0.15, 0.2) is 29.4 Å². The van der Waals surface area contributed by atoms with Gasteiger partial charge in [-0.15, -0.1) is 0 Å². The third kappa shape index (κ3) is 9.50. The normalized spacial score (nSPS) is 18.7. The molecule has 0 saturated carbocycles. The Labute approximate surface area is 133 Å². The Morgan fingerprint density at radius 3 is 2.22 bits per heavy atom. The number of aromatic nitrogens is 1. The molecular weight excluding hydrogens is 367 g/mol. The maximum atomic E-state index is 11.6. The number of pyridine rings is 1. The third-order valence-corrected chi connectivity index (χ3v) is 3.96. The molecule has 1 aromatic rings. The Kier molecular flexibility index (Phi) is 5.18. The van der Waals surface area contributed by atoms with E-state index in [1.54, 1.807) is 6.07 Å². The van der Waals surface area contributed by atoms with Crippen LogP contribution >= 0.6 is 19.6 Å². The van der Waals surface area contributed by atoms with E-state index in [1.165, 1.54) is 24.4 Å². The van der Waals surface area contributed by atoms with E-state index in [2.05, 4.69) is 23.6 Å². The van der Waals surface area contributed by atoms with Crippen molar-refractivity contribution >= 4 is 24.7 Å². The van der Waals surface area contributed by atoms with Gasteiger partial charge >= 0.3 is 38.2 Å². The fraction of sp³-hybridized carbons (Fsp3) is 0.455. The number of halogens is 6. The van der Waals surface area contributed by atoms with Crippen molar-refractivity contribution in [3.63, 3.8) is 0 Å². The average Bonchev–Trinajstić information content (AvgIpc) is 2.32. The van der Waals surface area contributed by atoms with Crippen molar-refractivity contribution in [1.29, 1.82) is 0 Å². The van der Waals surface area contributed by atoms with E-state index in [1.807, 2.05) is 12.1 Å². The average molecular weight is 383 g/mol. The summed E-state index contributed by atoms with van der Waals surface area (Å²) in [6.07, 6.45) is 2.70. The van der Waals surface area contributed by atoms with Crippen LogP contribution in [0.4, 0.5) is 25.2 Å². The van der Waals surface area contributed by atoms with Crippen LogP contribution in [0.2, 0.25) is 0 Å². The quantitative estimate of drug-likeness (QED) is 0.317. The summed E-state index contributed by atoms with van der Waals surface area (Å²) in [5.74, 6) is 0. The molecule has 0 radical (unpaired) electrons. The molecule has 0 amide bonds. The Bertz CT molecular complexity index is 595. The first kappa shape index (κ1) is 19.8. The summed E-state index contributed by atoms with van der Waals surface area (Å²) >= 11 is 1.53. The summed E-state index contributed by atoms with van der Waals surface area (Å²) in [7, 11) is -6.53. The monoisotopic (exact) mass is 383 g/mol. The molecule has 1 aliphatic heterocycles. The molecule has 0 aliphatic carbocycles. The molecule has 0 atom stereocenters. The zero-order chi connectivity index (χ0) is 18.0. The van der Waals surface area contributed by atoms with Crippen LogP contribution in [0.25, 0.3) is 0 Å². The molecule has 23 heavy (non-hydrogen) atoms. The van der Waals surface area contributed by atoms with E-state index in [0.29, 0.717) is 0 Å². The van der Waals surface area contributed by atoms with E-state index in [4.69, 9.17) is 0 Å². The molecule has 4 nitrogen and oxygen atoms in total. The number of hydrogen-bond acceptors (Lipinski definition) is 3. The van der Waals surface area contributed by atoms with Crippen molar-refractivity contribution in [3.05, 3.63) is 29.6 Å². The molecule has 0 N–H and O–H groups in total. The van der Waals surface area contributed by atoms with Crippen LogP contribution < -0.4 is 4.73 Å². The third-order valence-electron chi connectivity index (χ3n) is 2.62. The van der Waals surface area contributed by atoms with Crippen molar-refractivity contribution in [2.24, 2.45) is 0 Å². The molecule has 0 spiro atoms. The number of nitrogens with zero attached hydrogens (tertiary/aromatic N) is 3. The SMILES string of the molecule is CN1CCC[N+](C)=C1Sc1cccc[n+]1[O-].F[P-](F)(F)(F)(F)F. The maximum absolute atomic E-state index is 11.6. The van der Waals surface area contributed by atoms with Gasteiger partial charge in [0.2, 0.25) is 0 Å². The predicted molar refractivity (Wildman–Crippen MR) is 78.1 cm³/mol. The second kappa shape index (κ2) is 6.01. The molecule has 0 saturated heterocycles. The first-order chi connectivity index (χ1) is 10.1. The van der Waals surface area contributed by atoms with Crippen LogP contribution in [-0.4, -0.2) is 41.8 Å². The molecule has 2 rings (SSSR count). The molecular formula is C11H16F6N3OPS. The van der Waals surface area contributed by atoms with Crippen molar-refractivity contribution in [1.82, 2.24) is 4.90 Å². The molecule has 12 heteroatoms. The molecule has 1 aromatic heterocycles. The van der Waals surface area contributed by atoms with Crippen molar-refractivity contribution in [3.8, 4) is 0 Å². The molecule has 0 unspecified atom stereocenters. The molecule has 0 bridgehead atoms. The number of thioether (sulfide) groups is 1. The minimum absolute atomic E-state index is 0.720. The van der Waals surface area contributed by atoms with E-state index in [0.717, 1.165) is 28.0 Å². The van der Waals surface area contributed by atoms with Gasteiger partial charge < -0.3 is 5.21 Å². The van der Waals surface area contributed by atoms with E-state index >= 15 is 0 Å². The molecule has 0 fully saturated rings. The van der Waals surface area contributed by atoms with Crippen molar-refractivity contribution < 1.29 is 34.5 Å². The second-order valence-electron chi connectivity index (χ2n) is 4.90. The Morgan fingerprint density at radius 1 is 1.17 bits per heavy atom. The summed E-state index contributed by atoms with van der Waals surface area (Å²) in [6.45, 7) is 2.11. The van der Waals surface area contributed by atoms with Gasteiger partial charge in [0, 0.05) is 18.6 Å². The molecule has 1 aliphatic rings. The van der Waals surface area contributed by atoms with Crippen molar-refractivity contribution in [2.45, 2.75) is 11.4 Å². The Balaban J connectivity index is 0.000000322. The summed E-state index contributed by atoms with van der Waals surface area (Å²) in [4.78, 5) is 2.20. The topological polar surface area (TPSA) is 33.2 Å². The molecule has 0 aromatic carbocycles. The number of amidine groups is 1. The first-order valence-electron chi connectivity index (χ1n) is 6.35. The van der Waals surface area contributed by atoms with E-state index in [9.17, 15) is 30.4 Å².